The molecule has 31 heavy (non-hydrogen) atoms. The normalized spacial score (nSPS) is 15.8. The Kier molecular flexibility index (Phi) is 5.95. The molecule has 1 saturated heterocycles. The Bertz CT molecular complexity index is 1130. The molecule has 1 aliphatic rings. The van der Waals surface area contributed by atoms with Crippen molar-refractivity contribution < 1.29 is 4.74 Å². The lowest BCUT2D eigenvalue weighted by atomic mass is 9.89. The summed E-state index contributed by atoms with van der Waals surface area (Å²) in [5, 5.41) is 7.85. The van der Waals surface area contributed by atoms with Gasteiger partial charge in [0.2, 0.25) is 0 Å². The van der Waals surface area contributed by atoms with Crippen molar-refractivity contribution in [1.29, 1.82) is 0 Å². The van der Waals surface area contributed by atoms with E-state index in [1.165, 1.54) is 0 Å². The summed E-state index contributed by atoms with van der Waals surface area (Å²) in [4.78, 5) is 13.7. The summed E-state index contributed by atoms with van der Waals surface area (Å²) in [5.41, 5.74) is 5.14. The number of hydrogen-bond donors (Lipinski definition) is 1. The molecule has 1 fully saturated rings. The summed E-state index contributed by atoms with van der Waals surface area (Å²) in [5.74, 6) is 1.48. The highest BCUT2D eigenvalue weighted by Crippen LogP contribution is 2.31. The fourth-order valence-corrected chi connectivity index (χ4v) is 3.57. The fraction of sp³-hybridized carbons (Fsp3) is 0.333. The number of hydrogen-bond acceptors (Lipinski definition) is 6. The molecule has 2 aromatic heterocycles. The highest BCUT2D eigenvalue weighted by Gasteiger charge is 2.33. The molecule has 0 amide bonds. The van der Waals surface area contributed by atoms with Crippen LogP contribution in [-0.2, 0) is 11.8 Å². The largest absolute Gasteiger partial charge is 0.380 e. The first-order valence-corrected chi connectivity index (χ1v) is 10.4. The molecule has 1 aromatic carbocycles. The number of allylic oxidation sites excluding steroid dienone is 2. The maximum Gasteiger partial charge on any atom is 0.161 e. The van der Waals surface area contributed by atoms with Gasteiger partial charge >= 0.3 is 0 Å². The van der Waals surface area contributed by atoms with Crippen molar-refractivity contribution in [2.75, 3.05) is 32.1 Å². The molecule has 3 aromatic rings. The summed E-state index contributed by atoms with van der Waals surface area (Å²) in [7, 11) is 3.68. The van der Waals surface area contributed by atoms with Crippen molar-refractivity contribution in [2.45, 2.75) is 13.8 Å². The second kappa shape index (κ2) is 8.81. The number of ether oxygens (including phenoxy) is 1. The maximum atomic E-state index is 5.40. The van der Waals surface area contributed by atoms with Gasteiger partial charge in [0.1, 0.15) is 5.82 Å². The fourth-order valence-electron chi connectivity index (χ4n) is 3.57. The summed E-state index contributed by atoms with van der Waals surface area (Å²) in [6, 6.07) is 8.22. The van der Waals surface area contributed by atoms with E-state index in [4.69, 9.17) is 9.72 Å². The van der Waals surface area contributed by atoms with Crippen molar-refractivity contribution in [3.05, 3.63) is 54.5 Å². The van der Waals surface area contributed by atoms with E-state index in [0.29, 0.717) is 5.82 Å². The van der Waals surface area contributed by atoms with E-state index in [2.05, 4.69) is 39.4 Å². The maximum absolute atomic E-state index is 5.40. The Morgan fingerprint density at radius 2 is 2.13 bits per heavy atom. The molecular formula is C24H28N6O. The van der Waals surface area contributed by atoms with E-state index in [0.717, 1.165) is 53.4 Å². The number of anilines is 1. The molecule has 0 atom stereocenters. The number of aromatic nitrogens is 4. The minimum Gasteiger partial charge on any atom is -0.380 e. The first kappa shape index (κ1) is 20.9. The molecule has 1 aliphatic heterocycles. The second-order valence-corrected chi connectivity index (χ2v) is 8.23. The van der Waals surface area contributed by atoms with Gasteiger partial charge in [-0.25, -0.2) is 9.97 Å². The number of benzene rings is 1. The molecule has 4 rings (SSSR count). The molecule has 0 spiro atoms. The molecule has 0 saturated carbocycles. The van der Waals surface area contributed by atoms with Crippen molar-refractivity contribution in [3.63, 3.8) is 0 Å². The van der Waals surface area contributed by atoms with Crippen LogP contribution in [0.15, 0.2) is 53.9 Å². The van der Waals surface area contributed by atoms with Crippen LogP contribution < -0.4 is 5.32 Å². The van der Waals surface area contributed by atoms with Crippen LogP contribution in [0.25, 0.3) is 28.1 Å². The Hall–Kier alpha value is -3.32. The topological polar surface area (TPSA) is 77.2 Å². The quantitative estimate of drug-likeness (QED) is 0.587. The lowest BCUT2D eigenvalue weighted by Gasteiger charge is -2.38. The van der Waals surface area contributed by atoms with Crippen LogP contribution in [0.3, 0.4) is 0 Å². The minimum atomic E-state index is 0.123. The lowest BCUT2D eigenvalue weighted by Crippen LogP contribution is -2.45. The van der Waals surface area contributed by atoms with E-state index in [9.17, 15) is 0 Å². The number of rotatable bonds is 7. The first-order chi connectivity index (χ1) is 15.0. The molecule has 7 heteroatoms. The van der Waals surface area contributed by atoms with Crippen molar-refractivity contribution in [3.8, 4) is 22.5 Å². The van der Waals surface area contributed by atoms with Gasteiger partial charge in [0.05, 0.1) is 19.4 Å². The van der Waals surface area contributed by atoms with Crippen LogP contribution in [0, 0.1) is 5.41 Å². The second-order valence-electron chi connectivity index (χ2n) is 8.23. The average Bonchev–Trinajstić information content (AvgIpc) is 3.20. The number of nitrogens with one attached hydrogen (secondary N) is 1. The SMILES string of the molecule is C/C=C(\C=N/C)c1cccc(-c2ncc(-c3cnn(C)c3)c(NCC3(C)COC3)n2)c1. The average molecular weight is 417 g/mol. The predicted octanol–water partition coefficient (Wildman–Crippen LogP) is 4.10. The summed E-state index contributed by atoms with van der Waals surface area (Å²) >= 11 is 0. The van der Waals surface area contributed by atoms with Gasteiger partial charge in [0.15, 0.2) is 5.82 Å². The third-order valence-corrected chi connectivity index (χ3v) is 5.42. The minimum absolute atomic E-state index is 0.123. The first-order valence-electron chi connectivity index (χ1n) is 10.4. The van der Waals surface area contributed by atoms with Gasteiger partial charge in [-0.2, -0.15) is 5.10 Å². The summed E-state index contributed by atoms with van der Waals surface area (Å²) in [6.45, 7) is 6.52. The Morgan fingerprint density at radius 1 is 1.29 bits per heavy atom. The smallest absolute Gasteiger partial charge is 0.161 e. The van der Waals surface area contributed by atoms with Crippen LogP contribution in [0.5, 0.6) is 0 Å². The van der Waals surface area contributed by atoms with Crippen LogP contribution in [0.4, 0.5) is 5.82 Å². The molecule has 3 heterocycles. The zero-order chi connectivity index (χ0) is 21.8. The molecule has 0 aliphatic carbocycles. The molecule has 0 bridgehead atoms. The Morgan fingerprint density at radius 3 is 2.77 bits per heavy atom. The van der Waals surface area contributed by atoms with E-state index in [-0.39, 0.29) is 5.41 Å². The van der Waals surface area contributed by atoms with Gasteiger partial charge in [-0.3, -0.25) is 9.67 Å². The van der Waals surface area contributed by atoms with Crippen molar-refractivity contribution >= 4 is 17.6 Å². The van der Waals surface area contributed by atoms with Crippen molar-refractivity contribution in [2.24, 2.45) is 17.5 Å². The summed E-state index contributed by atoms with van der Waals surface area (Å²) in [6.07, 6.45) is 9.59. The van der Waals surface area contributed by atoms with Gasteiger partial charge in [0.25, 0.3) is 0 Å². The van der Waals surface area contributed by atoms with E-state index in [1.54, 1.807) is 11.7 Å². The van der Waals surface area contributed by atoms with E-state index >= 15 is 0 Å². The third-order valence-electron chi connectivity index (χ3n) is 5.42. The molecule has 160 valence electrons. The standard InChI is InChI=1S/C24H28N6O/c1-5-17(10-25-3)18-7-6-8-19(9-18)22-26-12-21(20-11-28-30(4)13-20)23(29-22)27-14-24(2)15-31-16-24/h5-13H,14-16H2,1-4H3,(H,26,27,29)/b17-5+,25-10-. The van der Waals surface area contributed by atoms with E-state index < -0.39 is 0 Å². The van der Waals surface area contributed by atoms with Gasteiger partial charge in [-0.05, 0) is 24.1 Å². The predicted molar refractivity (Wildman–Crippen MR) is 125 cm³/mol. The molecule has 0 unspecified atom stereocenters. The van der Waals surface area contributed by atoms with Gasteiger partial charge in [-0.1, -0.05) is 31.2 Å². The van der Waals surface area contributed by atoms with Crippen LogP contribution in [0.1, 0.15) is 19.4 Å². The zero-order valence-corrected chi connectivity index (χ0v) is 18.5. The third kappa shape index (κ3) is 4.56. The molecule has 1 N–H and O–H groups in total. The zero-order valence-electron chi connectivity index (χ0n) is 18.5. The van der Waals surface area contributed by atoms with Gasteiger partial charge in [-0.15, -0.1) is 0 Å². The number of nitrogens with zero attached hydrogens (tertiary/aromatic N) is 5. The molecular weight excluding hydrogens is 388 g/mol. The van der Waals surface area contributed by atoms with Gasteiger partial charge in [0, 0.05) is 61.4 Å². The van der Waals surface area contributed by atoms with Crippen molar-refractivity contribution in [1.82, 2.24) is 19.7 Å². The monoisotopic (exact) mass is 416 g/mol. The highest BCUT2D eigenvalue weighted by molar-refractivity contribution is 6.09. The molecule has 0 radical (unpaired) electrons. The molecule has 7 nitrogen and oxygen atoms in total. The van der Waals surface area contributed by atoms with Gasteiger partial charge < -0.3 is 10.1 Å². The van der Waals surface area contributed by atoms with Crippen LogP contribution in [-0.4, -0.2) is 52.8 Å². The highest BCUT2D eigenvalue weighted by atomic mass is 16.5. The number of aliphatic imine (C=N–C) groups is 1. The van der Waals surface area contributed by atoms with Crippen LogP contribution in [0.2, 0.25) is 0 Å². The Labute approximate surface area is 182 Å². The van der Waals surface area contributed by atoms with E-state index in [1.807, 2.05) is 57.0 Å². The number of aryl methyl sites for hydroxylation is 1. The van der Waals surface area contributed by atoms with Crippen LogP contribution >= 0.6 is 0 Å². The Balaban J connectivity index is 1.71. The lowest BCUT2D eigenvalue weighted by molar-refractivity contribution is -0.0924. The summed E-state index contributed by atoms with van der Waals surface area (Å²) < 4.78 is 7.18.